The Labute approximate surface area is 111 Å². The summed E-state index contributed by atoms with van der Waals surface area (Å²) in [5, 5.41) is 12.0. The minimum atomic E-state index is -0.585. The number of amides is 2. The predicted octanol–water partition coefficient (Wildman–Crippen LogP) is 0.376. The molecule has 2 heterocycles. The number of imide groups is 1. The van der Waals surface area contributed by atoms with Crippen LogP contribution in [0.1, 0.15) is 32.1 Å². The molecular weight excluding hydrogens is 246 g/mol. The highest BCUT2D eigenvalue weighted by Crippen LogP contribution is 2.21. The molecule has 0 bridgehead atoms. The largest absolute Gasteiger partial charge is 0.387 e. The standard InChI is InChI=1S/C13H17N3O3/c1-3-11(17)10-5-4-9(6-14-10)16-7-12(18)15-13(19)8(16)2/h4-6,8,11,17H,3,7H2,1-2H3,(H,15,18,19)/t8?,11-/m1/s1. The van der Waals surface area contributed by atoms with Gasteiger partial charge in [-0.05, 0) is 25.5 Å². The molecule has 2 N–H and O–H groups in total. The fraction of sp³-hybridized carbons (Fsp3) is 0.462. The molecule has 1 saturated heterocycles. The number of aliphatic hydroxyl groups is 1. The van der Waals surface area contributed by atoms with Crippen LogP contribution in [0.25, 0.3) is 0 Å². The van der Waals surface area contributed by atoms with Gasteiger partial charge in [-0.2, -0.15) is 0 Å². The fourth-order valence-electron chi connectivity index (χ4n) is 2.00. The fourth-order valence-corrected chi connectivity index (χ4v) is 2.00. The van der Waals surface area contributed by atoms with E-state index >= 15 is 0 Å². The highest BCUT2D eigenvalue weighted by atomic mass is 16.3. The lowest BCUT2D eigenvalue weighted by atomic mass is 10.1. The molecule has 2 atom stereocenters. The van der Waals surface area contributed by atoms with Gasteiger partial charge in [-0.1, -0.05) is 6.92 Å². The lowest BCUT2D eigenvalue weighted by molar-refractivity contribution is -0.132. The third kappa shape index (κ3) is 2.73. The van der Waals surface area contributed by atoms with Crippen molar-refractivity contribution in [1.29, 1.82) is 0 Å². The van der Waals surface area contributed by atoms with Crippen molar-refractivity contribution in [2.75, 3.05) is 11.4 Å². The van der Waals surface area contributed by atoms with Gasteiger partial charge in [0.2, 0.25) is 11.8 Å². The molecule has 102 valence electrons. The van der Waals surface area contributed by atoms with E-state index in [4.69, 9.17) is 0 Å². The average Bonchev–Trinajstić information content (AvgIpc) is 2.42. The molecule has 1 aliphatic heterocycles. The van der Waals surface area contributed by atoms with Crippen molar-refractivity contribution in [2.24, 2.45) is 0 Å². The number of rotatable bonds is 3. The number of anilines is 1. The second-order valence-corrected chi connectivity index (χ2v) is 4.58. The Hall–Kier alpha value is -1.95. The second-order valence-electron chi connectivity index (χ2n) is 4.58. The van der Waals surface area contributed by atoms with Crippen LogP contribution in [0.5, 0.6) is 0 Å². The van der Waals surface area contributed by atoms with Gasteiger partial charge in [-0.25, -0.2) is 0 Å². The Morgan fingerprint density at radius 1 is 1.53 bits per heavy atom. The molecule has 1 aromatic heterocycles. The Balaban J connectivity index is 2.21. The molecule has 0 saturated carbocycles. The van der Waals surface area contributed by atoms with Crippen molar-refractivity contribution >= 4 is 17.5 Å². The van der Waals surface area contributed by atoms with Crippen molar-refractivity contribution in [3.05, 3.63) is 24.0 Å². The summed E-state index contributed by atoms with van der Waals surface area (Å²) >= 11 is 0. The summed E-state index contributed by atoms with van der Waals surface area (Å²) in [5.41, 5.74) is 1.29. The molecule has 6 heteroatoms. The predicted molar refractivity (Wildman–Crippen MR) is 69.4 cm³/mol. The zero-order valence-corrected chi connectivity index (χ0v) is 11.0. The first kappa shape index (κ1) is 13.5. The Kier molecular flexibility index (Phi) is 3.80. The monoisotopic (exact) mass is 263 g/mol. The molecule has 0 aromatic carbocycles. The molecule has 1 unspecified atom stereocenters. The van der Waals surface area contributed by atoms with Gasteiger partial charge in [0.15, 0.2) is 0 Å². The molecule has 1 aliphatic rings. The van der Waals surface area contributed by atoms with Crippen LogP contribution in [0.15, 0.2) is 18.3 Å². The van der Waals surface area contributed by atoms with E-state index in [0.717, 1.165) is 0 Å². The van der Waals surface area contributed by atoms with Gasteiger partial charge in [0.05, 0.1) is 30.2 Å². The minimum absolute atomic E-state index is 0.129. The van der Waals surface area contributed by atoms with E-state index in [-0.39, 0.29) is 18.4 Å². The zero-order chi connectivity index (χ0) is 14.0. The first-order valence-electron chi connectivity index (χ1n) is 6.27. The molecular formula is C13H17N3O3. The summed E-state index contributed by atoms with van der Waals surface area (Å²) < 4.78 is 0. The van der Waals surface area contributed by atoms with Crippen LogP contribution in [-0.2, 0) is 9.59 Å². The SMILES string of the molecule is CC[C@@H](O)c1ccc(N2CC(=O)NC(=O)C2C)cn1. The van der Waals surface area contributed by atoms with Crippen LogP contribution in [-0.4, -0.2) is 34.5 Å². The number of nitrogens with one attached hydrogen (secondary N) is 1. The summed E-state index contributed by atoms with van der Waals surface area (Å²) in [5.74, 6) is -0.630. The number of aromatic nitrogens is 1. The minimum Gasteiger partial charge on any atom is -0.387 e. The van der Waals surface area contributed by atoms with Gasteiger partial charge in [-0.3, -0.25) is 19.9 Å². The smallest absolute Gasteiger partial charge is 0.249 e. The second kappa shape index (κ2) is 5.36. The van der Waals surface area contributed by atoms with Crippen LogP contribution in [0.3, 0.4) is 0 Å². The van der Waals surface area contributed by atoms with E-state index in [9.17, 15) is 14.7 Å². The van der Waals surface area contributed by atoms with Crippen molar-refractivity contribution in [3.8, 4) is 0 Å². The maximum absolute atomic E-state index is 11.6. The van der Waals surface area contributed by atoms with Crippen LogP contribution < -0.4 is 10.2 Å². The number of hydrogen-bond donors (Lipinski definition) is 2. The Bertz CT molecular complexity index is 486. The van der Waals surface area contributed by atoms with Crippen molar-refractivity contribution in [3.63, 3.8) is 0 Å². The molecule has 1 aromatic rings. The van der Waals surface area contributed by atoms with E-state index < -0.39 is 12.1 Å². The van der Waals surface area contributed by atoms with Gasteiger partial charge in [-0.15, -0.1) is 0 Å². The van der Waals surface area contributed by atoms with E-state index in [1.165, 1.54) is 0 Å². The molecule has 0 aliphatic carbocycles. The van der Waals surface area contributed by atoms with E-state index in [0.29, 0.717) is 17.8 Å². The Morgan fingerprint density at radius 2 is 2.26 bits per heavy atom. The summed E-state index contributed by atoms with van der Waals surface area (Å²) in [4.78, 5) is 28.8. The summed E-state index contributed by atoms with van der Waals surface area (Å²) in [6, 6.07) is 3.07. The highest BCUT2D eigenvalue weighted by molar-refractivity contribution is 6.04. The van der Waals surface area contributed by atoms with Gasteiger partial charge in [0.25, 0.3) is 0 Å². The van der Waals surface area contributed by atoms with Crippen molar-refractivity contribution in [1.82, 2.24) is 10.3 Å². The number of aliphatic hydroxyl groups excluding tert-OH is 1. The van der Waals surface area contributed by atoms with Crippen molar-refractivity contribution in [2.45, 2.75) is 32.4 Å². The lowest BCUT2D eigenvalue weighted by Gasteiger charge is -2.33. The summed E-state index contributed by atoms with van der Waals surface area (Å²) in [6.07, 6.45) is 1.59. The third-order valence-electron chi connectivity index (χ3n) is 3.25. The van der Waals surface area contributed by atoms with Gasteiger partial charge < -0.3 is 10.0 Å². The van der Waals surface area contributed by atoms with Crippen LogP contribution in [0.4, 0.5) is 5.69 Å². The number of hydrogen-bond acceptors (Lipinski definition) is 5. The molecule has 2 rings (SSSR count). The first-order valence-corrected chi connectivity index (χ1v) is 6.27. The molecule has 0 spiro atoms. The number of carbonyl (C=O) groups is 2. The quantitative estimate of drug-likeness (QED) is 0.770. The maximum atomic E-state index is 11.6. The molecule has 1 fully saturated rings. The topological polar surface area (TPSA) is 82.5 Å². The van der Waals surface area contributed by atoms with Crippen LogP contribution in [0, 0.1) is 0 Å². The zero-order valence-electron chi connectivity index (χ0n) is 11.0. The van der Waals surface area contributed by atoms with Gasteiger partial charge in [0.1, 0.15) is 6.04 Å². The van der Waals surface area contributed by atoms with Crippen molar-refractivity contribution < 1.29 is 14.7 Å². The van der Waals surface area contributed by atoms with Crippen LogP contribution >= 0.6 is 0 Å². The number of carbonyl (C=O) groups excluding carboxylic acids is 2. The van der Waals surface area contributed by atoms with Gasteiger partial charge >= 0.3 is 0 Å². The van der Waals surface area contributed by atoms with Crippen LogP contribution in [0.2, 0.25) is 0 Å². The Morgan fingerprint density at radius 3 is 2.84 bits per heavy atom. The van der Waals surface area contributed by atoms with Gasteiger partial charge in [0, 0.05) is 0 Å². The maximum Gasteiger partial charge on any atom is 0.249 e. The van der Waals surface area contributed by atoms with E-state index in [2.05, 4.69) is 10.3 Å². The average molecular weight is 263 g/mol. The number of piperazine rings is 1. The first-order chi connectivity index (χ1) is 9.02. The lowest BCUT2D eigenvalue weighted by Crippen LogP contribution is -2.57. The molecule has 19 heavy (non-hydrogen) atoms. The highest BCUT2D eigenvalue weighted by Gasteiger charge is 2.30. The van der Waals surface area contributed by atoms with E-state index in [1.807, 2.05) is 6.92 Å². The molecule has 0 radical (unpaired) electrons. The molecule has 6 nitrogen and oxygen atoms in total. The number of pyridine rings is 1. The normalized spacial score (nSPS) is 21.2. The molecule has 2 amide bonds. The third-order valence-corrected chi connectivity index (χ3v) is 3.25. The summed E-state index contributed by atoms with van der Waals surface area (Å²) in [7, 11) is 0. The summed E-state index contributed by atoms with van der Waals surface area (Å²) in [6.45, 7) is 3.73. The number of nitrogens with zero attached hydrogens (tertiary/aromatic N) is 2. The van der Waals surface area contributed by atoms with E-state index in [1.54, 1.807) is 30.2 Å².